The number of nitrogens with one attached hydrogen (secondary N) is 1. The van der Waals surface area contributed by atoms with Gasteiger partial charge in [-0.25, -0.2) is 0 Å². The molecule has 1 fully saturated rings. The summed E-state index contributed by atoms with van der Waals surface area (Å²) in [6.07, 6.45) is 2.75. The van der Waals surface area contributed by atoms with Crippen LogP contribution in [0.4, 0.5) is 0 Å². The Balaban J connectivity index is 1.31. The molecule has 1 aliphatic rings. The number of amides is 1. The zero-order chi connectivity index (χ0) is 24.1. The SMILES string of the molecule is CC(CC(C)(C)c1ccccc1)NC(=O)C1CCCN(Cc2nc(-c3cccc(Cl)c3)no2)C1. The van der Waals surface area contributed by atoms with Gasteiger partial charge in [0.05, 0.1) is 12.5 Å². The lowest BCUT2D eigenvalue weighted by molar-refractivity contribution is -0.127. The minimum absolute atomic E-state index is 0.00873. The highest BCUT2D eigenvalue weighted by molar-refractivity contribution is 6.30. The van der Waals surface area contributed by atoms with Crippen molar-refractivity contribution >= 4 is 17.5 Å². The number of hydrogen-bond acceptors (Lipinski definition) is 5. The summed E-state index contributed by atoms with van der Waals surface area (Å²) in [5.74, 6) is 1.17. The fourth-order valence-electron chi connectivity index (χ4n) is 4.85. The number of carbonyl (C=O) groups is 1. The van der Waals surface area contributed by atoms with E-state index >= 15 is 0 Å². The Morgan fingerprint density at radius 2 is 2.03 bits per heavy atom. The molecule has 1 amide bonds. The third-order valence-corrected chi connectivity index (χ3v) is 6.78. The summed E-state index contributed by atoms with van der Waals surface area (Å²) in [6, 6.07) is 18.0. The van der Waals surface area contributed by atoms with Crippen molar-refractivity contribution in [2.75, 3.05) is 13.1 Å². The van der Waals surface area contributed by atoms with Crippen LogP contribution in [0.5, 0.6) is 0 Å². The van der Waals surface area contributed by atoms with Gasteiger partial charge in [-0.1, -0.05) is 73.1 Å². The van der Waals surface area contributed by atoms with Gasteiger partial charge in [-0.2, -0.15) is 4.98 Å². The van der Waals surface area contributed by atoms with Crippen molar-refractivity contribution in [1.29, 1.82) is 0 Å². The second-order valence-electron chi connectivity index (χ2n) is 9.96. The van der Waals surface area contributed by atoms with Gasteiger partial charge in [-0.3, -0.25) is 9.69 Å². The molecule has 4 rings (SSSR count). The van der Waals surface area contributed by atoms with Crippen molar-refractivity contribution in [3.05, 3.63) is 71.1 Å². The Bertz CT molecular complexity index is 1100. The molecular formula is C27H33ClN4O2. The van der Waals surface area contributed by atoms with Crippen LogP contribution in [-0.4, -0.2) is 40.1 Å². The maximum Gasteiger partial charge on any atom is 0.241 e. The van der Waals surface area contributed by atoms with E-state index in [2.05, 4.69) is 65.4 Å². The molecule has 2 atom stereocenters. The summed E-state index contributed by atoms with van der Waals surface area (Å²) in [5.41, 5.74) is 2.10. The third kappa shape index (κ3) is 6.24. The lowest BCUT2D eigenvalue weighted by Crippen LogP contribution is -2.46. The molecule has 1 N–H and O–H groups in total. The van der Waals surface area contributed by atoms with Crippen LogP contribution in [0.15, 0.2) is 59.1 Å². The van der Waals surface area contributed by atoms with Crippen molar-refractivity contribution < 1.29 is 9.32 Å². The molecule has 0 spiro atoms. The van der Waals surface area contributed by atoms with Gasteiger partial charge in [0.2, 0.25) is 17.6 Å². The average molecular weight is 481 g/mol. The maximum absolute atomic E-state index is 13.0. The summed E-state index contributed by atoms with van der Waals surface area (Å²) >= 11 is 6.07. The second kappa shape index (κ2) is 10.7. The molecule has 2 heterocycles. The number of piperidine rings is 1. The molecule has 1 aromatic heterocycles. The molecule has 6 nitrogen and oxygen atoms in total. The number of nitrogens with zero attached hydrogens (tertiary/aromatic N) is 3. The van der Waals surface area contributed by atoms with E-state index in [1.54, 1.807) is 0 Å². The first-order valence-electron chi connectivity index (χ1n) is 12.0. The molecule has 0 aliphatic carbocycles. The topological polar surface area (TPSA) is 71.3 Å². The Hall–Kier alpha value is -2.70. The molecule has 1 saturated heterocycles. The fraction of sp³-hybridized carbons (Fsp3) is 0.444. The van der Waals surface area contributed by atoms with Crippen LogP contribution in [0.2, 0.25) is 5.02 Å². The summed E-state index contributed by atoms with van der Waals surface area (Å²) in [4.78, 5) is 19.8. The van der Waals surface area contributed by atoms with Gasteiger partial charge in [0, 0.05) is 23.2 Å². The van der Waals surface area contributed by atoms with Gasteiger partial charge in [0.25, 0.3) is 0 Å². The standard InChI is InChI=1S/C27H33ClN4O2/c1-19(16-27(2,3)22-11-5-4-6-12-22)29-26(33)21-10-8-14-32(17-21)18-24-30-25(31-34-24)20-9-7-13-23(28)15-20/h4-7,9,11-13,15,19,21H,8,10,14,16-18H2,1-3H3,(H,29,33). The molecule has 7 heteroatoms. The van der Waals surface area contributed by atoms with E-state index in [9.17, 15) is 4.79 Å². The zero-order valence-electron chi connectivity index (χ0n) is 20.1. The Morgan fingerprint density at radius 1 is 1.24 bits per heavy atom. The predicted molar refractivity (Wildman–Crippen MR) is 134 cm³/mol. The van der Waals surface area contributed by atoms with Gasteiger partial charge in [-0.05, 0) is 55.8 Å². The minimum atomic E-state index is -0.0358. The first-order chi connectivity index (χ1) is 16.3. The number of halogens is 1. The molecule has 34 heavy (non-hydrogen) atoms. The molecule has 1 aliphatic heterocycles. The Morgan fingerprint density at radius 3 is 2.79 bits per heavy atom. The summed E-state index contributed by atoms with van der Waals surface area (Å²) in [7, 11) is 0. The lowest BCUT2D eigenvalue weighted by atomic mass is 9.79. The van der Waals surface area contributed by atoms with E-state index in [1.807, 2.05) is 30.3 Å². The quantitative estimate of drug-likeness (QED) is 0.462. The van der Waals surface area contributed by atoms with Crippen molar-refractivity contribution in [2.24, 2.45) is 5.92 Å². The average Bonchev–Trinajstić information content (AvgIpc) is 3.28. The van der Waals surface area contributed by atoms with Crippen molar-refractivity contribution in [3.8, 4) is 11.4 Å². The zero-order valence-corrected chi connectivity index (χ0v) is 20.9. The molecule has 2 unspecified atom stereocenters. The summed E-state index contributed by atoms with van der Waals surface area (Å²) in [5, 5.41) is 7.99. The second-order valence-corrected chi connectivity index (χ2v) is 10.4. The van der Waals surface area contributed by atoms with E-state index in [0.717, 1.165) is 31.4 Å². The number of benzene rings is 2. The largest absolute Gasteiger partial charge is 0.353 e. The number of likely N-dealkylation sites (tertiary alicyclic amines) is 1. The first-order valence-corrected chi connectivity index (χ1v) is 12.3. The van der Waals surface area contributed by atoms with Crippen LogP contribution < -0.4 is 5.32 Å². The molecule has 3 aromatic rings. The highest BCUT2D eigenvalue weighted by atomic mass is 35.5. The van der Waals surface area contributed by atoms with E-state index < -0.39 is 0 Å². The Labute approximate surface area is 206 Å². The predicted octanol–water partition coefficient (Wildman–Crippen LogP) is 5.47. The lowest BCUT2D eigenvalue weighted by Gasteiger charge is -2.33. The maximum atomic E-state index is 13.0. The molecule has 0 saturated carbocycles. The number of hydrogen-bond donors (Lipinski definition) is 1. The fourth-order valence-corrected chi connectivity index (χ4v) is 5.04. The van der Waals surface area contributed by atoms with Crippen LogP contribution >= 0.6 is 11.6 Å². The van der Waals surface area contributed by atoms with Crippen LogP contribution in [-0.2, 0) is 16.8 Å². The van der Waals surface area contributed by atoms with Crippen molar-refractivity contribution in [3.63, 3.8) is 0 Å². The third-order valence-electron chi connectivity index (χ3n) is 6.55. The highest BCUT2D eigenvalue weighted by Crippen LogP contribution is 2.28. The number of carbonyl (C=O) groups excluding carboxylic acids is 1. The van der Waals surface area contributed by atoms with Crippen molar-refractivity contribution in [2.45, 2.75) is 58.0 Å². The molecule has 2 aromatic carbocycles. The molecular weight excluding hydrogens is 448 g/mol. The molecule has 0 radical (unpaired) electrons. The van der Waals surface area contributed by atoms with E-state index in [0.29, 0.717) is 29.8 Å². The summed E-state index contributed by atoms with van der Waals surface area (Å²) < 4.78 is 5.47. The van der Waals surface area contributed by atoms with Crippen LogP contribution in [0, 0.1) is 5.92 Å². The number of rotatable bonds is 8. The smallest absolute Gasteiger partial charge is 0.241 e. The molecule has 0 bridgehead atoms. The van der Waals surface area contributed by atoms with Gasteiger partial charge >= 0.3 is 0 Å². The van der Waals surface area contributed by atoms with E-state index in [4.69, 9.17) is 16.1 Å². The monoisotopic (exact) mass is 480 g/mol. The minimum Gasteiger partial charge on any atom is -0.353 e. The Kier molecular flexibility index (Phi) is 7.69. The van der Waals surface area contributed by atoms with Crippen LogP contribution in [0.1, 0.15) is 51.5 Å². The van der Waals surface area contributed by atoms with Gasteiger partial charge < -0.3 is 9.84 Å². The normalized spacial score (nSPS) is 17.9. The summed E-state index contributed by atoms with van der Waals surface area (Å²) in [6.45, 7) is 8.70. The van der Waals surface area contributed by atoms with E-state index in [-0.39, 0.29) is 23.3 Å². The first kappa shape index (κ1) is 24.4. The van der Waals surface area contributed by atoms with Crippen molar-refractivity contribution in [1.82, 2.24) is 20.4 Å². The highest BCUT2D eigenvalue weighted by Gasteiger charge is 2.29. The molecule has 180 valence electrons. The number of aromatic nitrogens is 2. The van der Waals surface area contributed by atoms with Gasteiger partial charge in [0.15, 0.2) is 0 Å². The van der Waals surface area contributed by atoms with Crippen LogP contribution in [0.3, 0.4) is 0 Å². The van der Waals surface area contributed by atoms with Gasteiger partial charge in [0.1, 0.15) is 0 Å². The van der Waals surface area contributed by atoms with Gasteiger partial charge in [-0.15, -0.1) is 0 Å². The van der Waals surface area contributed by atoms with E-state index in [1.165, 1.54) is 5.56 Å². The van der Waals surface area contributed by atoms with Crippen LogP contribution in [0.25, 0.3) is 11.4 Å².